The van der Waals surface area contributed by atoms with Crippen LogP contribution in [-0.4, -0.2) is 6.04 Å². The first-order valence-corrected chi connectivity index (χ1v) is 7.27. The molecule has 0 fully saturated rings. The molecule has 0 aliphatic carbocycles. The highest BCUT2D eigenvalue weighted by atomic mass is 19.1. The maximum Gasteiger partial charge on any atom is 0.301 e. The summed E-state index contributed by atoms with van der Waals surface area (Å²) < 4.78 is 11.9. The minimum absolute atomic E-state index is 0.0997. The predicted octanol–water partition coefficient (Wildman–Crippen LogP) is 5.52. The van der Waals surface area contributed by atoms with E-state index < -0.39 is 6.04 Å². The quantitative estimate of drug-likeness (QED) is 0.255. The minimum atomic E-state index is -1.17. The van der Waals surface area contributed by atoms with Crippen LogP contribution in [0.2, 0.25) is 0 Å². The van der Waals surface area contributed by atoms with Crippen molar-refractivity contribution < 1.29 is 9.18 Å². The second kappa shape index (κ2) is 14.1. The molecule has 0 atom stereocenters. The number of unbranched alkanes of at least 4 members (excludes halogenated alkanes) is 7. The smallest absolute Gasteiger partial charge is 0.261 e. The van der Waals surface area contributed by atoms with Gasteiger partial charge in [0.25, 0.3) is 0 Å². The Hall–Kier alpha value is -0.920. The molecule has 0 aliphatic heterocycles. The lowest BCUT2D eigenvalue weighted by molar-refractivity contribution is -0.129. The SMILES string of the molecule is CCCCC=CC=CCCCCCCCC(=O)F. The molecule has 0 saturated heterocycles. The molecule has 0 aromatic heterocycles. The van der Waals surface area contributed by atoms with E-state index in [1.54, 1.807) is 0 Å². The van der Waals surface area contributed by atoms with Crippen LogP contribution in [0, 0.1) is 0 Å². The molecule has 2 heteroatoms. The zero-order valence-corrected chi connectivity index (χ0v) is 11.7. The minimum Gasteiger partial charge on any atom is -0.261 e. The van der Waals surface area contributed by atoms with Crippen molar-refractivity contribution in [1.82, 2.24) is 0 Å². The van der Waals surface area contributed by atoms with E-state index in [4.69, 9.17) is 0 Å². The Morgan fingerprint density at radius 2 is 1.44 bits per heavy atom. The summed E-state index contributed by atoms with van der Waals surface area (Å²) in [6, 6.07) is -1.17. The highest BCUT2D eigenvalue weighted by Crippen LogP contribution is 2.08. The number of hydrogen-bond acceptors (Lipinski definition) is 1. The lowest BCUT2D eigenvalue weighted by Gasteiger charge is -1.97. The molecular weight excluding hydrogens is 227 g/mol. The molecule has 18 heavy (non-hydrogen) atoms. The highest BCUT2D eigenvalue weighted by molar-refractivity contribution is 5.67. The average molecular weight is 254 g/mol. The largest absolute Gasteiger partial charge is 0.301 e. The van der Waals surface area contributed by atoms with Crippen LogP contribution >= 0.6 is 0 Å². The second-order valence-electron chi connectivity index (χ2n) is 4.66. The van der Waals surface area contributed by atoms with Crippen LogP contribution in [0.4, 0.5) is 4.39 Å². The van der Waals surface area contributed by atoms with E-state index in [-0.39, 0.29) is 6.42 Å². The fourth-order valence-electron chi connectivity index (χ4n) is 1.73. The van der Waals surface area contributed by atoms with Crippen molar-refractivity contribution in [2.24, 2.45) is 0 Å². The molecule has 0 spiro atoms. The van der Waals surface area contributed by atoms with Gasteiger partial charge in [-0.3, -0.25) is 4.79 Å². The first-order valence-electron chi connectivity index (χ1n) is 7.27. The average Bonchev–Trinajstić information content (AvgIpc) is 2.34. The Labute approximate surface area is 111 Å². The van der Waals surface area contributed by atoms with Crippen molar-refractivity contribution >= 4 is 6.04 Å². The molecular formula is C16H27FO. The Morgan fingerprint density at radius 1 is 0.889 bits per heavy atom. The normalized spacial score (nSPS) is 11.7. The second-order valence-corrected chi connectivity index (χ2v) is 4.66. The first-order chi connectivity index (χ1) is 8.77. The summed E-state index contributed by atoms with van der Waals surface area (Å²) in [5.74, 6) is 0. The van der Waals surface area contributed by atoms with Gasteiger partial charge in [-0.15, -0.1) is 0 Å². The van der Waals surface area contributed by atoms with E-state index >= 15 is 0 Å². The van der Waals surface area contributed by atoms with Crippen molar-refractivity contribution in [2.75, 3.05) is 0 Å². The third-order valence-corrected chi connectivity index (χ3v) is 2.85. The molecule has 0 aliphatic rings. The molecule has 0 aromatic carbocycles. The maximum atomic E-state index is 11.9. The summed E-state index contributed by atoms with van der Waals surface area (Å²) in [6.07, 6.45) is 18.7. The number of allylic oxidation sites excluding steroid dienone is 4. The van der Waals surface area contributed by atoms with Gasteiger partial charge < -0.3 is 0 Å². The molecule has 0 bridgehead atoms. The van der Waals surface area contributed by atoms with Crippen LogP contribution in [0.3, 0.4) is 0 Å². The number of rotatable bonds is 12. The first kappa shape index (κ1) is 17.1. The van der Waals surface area contributed by atoms with Gasteiger partial charge in [-0.05, 0) is 25.7 Å². The van der Waals surface area contributed by atoms with Crippen molar-refractivity contribution in [3.05, 3.63) is 24.3 Å². The monoisotopic (exact) mass is 254 g/mol. The number of halogens is 1. The van der Waals surface area contributed by atoms with Crippen LogP contribution in [0.1, 0.15) is 71.1 Å². The van der Waals surface area contributed by atoms with E-state index in [0.717, 1.165) is 19.3 Å². The molecule has 0 rings (SSSR count). The molecule has 0 N–H and O–H groups in total. The Kier molecular flexibility index (Phi) is 13.4. The zero-order chi connectivity index (χ0) is 13.5. The van der Waals surface area contributed by atoms with E-state index in [1.165, 1.54) is 32.1 Å². The van der Waals surface area contributed by atoms with Crippen LogP contribution < -0.4 is 0 Å². The maximum absolute atomic E-state index is 11.9. The molecule has 0 radical (unpaired) electrons. The van der Waals surface area contributed by atoms with Gasteiger partial charge in [-0.25, -0.2) is 0 Å². The zero-order valence-electron chi connectivity index (χ0n) is 11.7. The van der Waals surface area contributed by atoms with Gasteiger partial charge in [0, 0.05) is 6.42 Å². The fraction of sp³-hybridized carbons (Fsp3) is 0.688. The van der Waals surface area contributed by atoms with E-state index in [2.05, 4.69) is 31.2 Å². The third kappa shape index (κ3) is 15.1. The summed E-state index contributed by atoms with van der Waals surface area (Å²) in [5.41, 5.74) is 0. The standard InChI is InChI=1S/C16H27FO/c1-2-3-4-5-6-7-8-9-10-11-12-13-14-15-16(17)18/h5-8H,2-4,9-15H2,1H3. The predicted molar refractivity (Wildman–Crippen MR) is 76.2 cm³/mol. The summed E-state index contributed by atoms with van der Waals surface area (Å²) in [4.78, 5) is 10.1. The van der Waals surface area contributed by atoms with E-state index in [1.807, 2.05) is 0 Å². The molecule has 0 aromatic rings. The van der Waals surface area contributed by atoms with Gasteiger partial charge in [-0.1, -0.05) is 63.3 Å². The highest BCUT2D eigenvalue weighted by Gasteiger charge is 1.96. The topological polar surface area (TPSA) is 17.1 Å². The van der Waals surface area contributed by atoms with Crippen LogP contribution in [0.5, 0.6) is 0 Å². The molecule has 1 nitrogen and oxygen atoms in total. The summed E-state index contributed by atoms with van der Waals surface area (Å²) in [6.45, 7) is 2.20. The molecule has 0 saturated carbocycles. The van der Waals surface area contributed by atoms with Crippen LogP contribution in [-0.2, 0) is 4.79 Å². The summed E-state index contributed by atoms with van der Waals surface area (Å²) >= 11 is 0. The van der Waals surface area contributed by atoms with E-state index in [9.17, 15) is 9.18 Å². The Bertz CT molecular complexity index is 243. The van der Waals surface area contributed by atoms with Gasteiger partial charge in [0.05, 0.1) is 0 Å². The Balaban J connectivity index is 3.17. The van der Waals surface area contributed by atoms with Gasteiger partial charge in [-0.2, -0.15) is 4.39 Å². The number of carbonyl (C=O) groups excluding carboxylic acids is 1. The van der Waals surface area contributed by atoms with Gasteiger partial charge in [0.15, 0.2) is 0 Å². The fourth-order valence-corrected chi connectivity index (χ4v) is 1.73. The van der Waals surface area contributed by atoms with Gasteiger partial charge in [0.2, 0.25) is 0 Å². The van der Waals surface area contributed by atoms with Crippen LogP contribution in [0.15, 0.2) is 24.3 Å². The van der Waals surface area contributed by atoms with Gasteiger partial charge >= 0.3 is 6.04 Å². The van der Waals surface area contributed by atoms with Gasteiger partial charge in [0.1, 0.15) is 0 Å². The lowest BCUT2D eigenvalue weighted by atomic mass is 10.1. The lowest BCUT2D eigenvalue weighted by Crippen LogP contribution is -1.87. The van der Waals surface area contributed by atoms with E-state index in [0.29, 0.717) is 6.42 Å². The van der Waals surface area contributed by atoms with Crippen molar-refractivity contribution in [3.63, 3.8) is 0 Å². The molecule has 0 unspecified atom stereocenters. The van der Waals surface area contributed by atoms with Crippen molar-refractivity contribution in [2.45, 2.75) is 71.1 Å². The molecule has 0 amide bonds. The summed E-state index contributed by atoms with van der Waals surface area (Å²) in [7, 11) is 0. The number of carbonyl (C=O) groups is 1. The van der Waals surface area contributed by atoms with Crippen molar-refractivity contribution in [3.8, 4) is 0 Å². The summed E-state index contributed by atoms with van der Waals surface area (Å²) in [5, 5.41) is 0. The molecule has 0 heterocycles. The van der Waals surface area contributed by atoms with Crippen molar-refractivity contribution in [1.29, 1.82) is 0 Å². The number of hydrogen-bond donors (Lipinski definition) is 0. The van der Waals surface area contributed by atoms with Crippen LogP contribution in [0.25, 0.3) is 0 Å². The third-order valence-electron chi connectivity index (χ3n) is 2.85. The Morgan fingerprint density at radius 3 is 2.06 bits per heavy atom. The molecule has 104 valence electrons.